The molecular formula is C20H20N4O3S. The first-order valence-electron chi connectivity index (χ1n) is 8.70. The van der Waals surface area contributed by atoms with Gasteiger partial charge >= 0.3 is 0 Å². The molecule has 3 aromatic rings. The number of rotatable bonds is 7. The van der Waals surface area contributed by atoms with E-state index in [-0.39, 0.29) is 18.4 Å². The molecule has 2 amide bonds. The molecule has 0 radical (unpaired) electrons. The zero-order valence-electron chi connectivity index (χ0n) is 15.5. The van der Waals surface area contributed by atoms with Crippen LogP contribution in [0.2, 0.25) is 0 Å². The zero-order chi connectivity index (χ0) is 19.9. The number of benzene rings is 2. The van der Waals surface area contributed by atoms with Crippen molar-refractivity contribution in [1.29, 1.82) is 0 Å². The van der Waals surface area contributed by atoms with Crippen molar-refractivity contribution in [3.05, 3.63) is 60.2 Å². The van der Waals surface area contributed by atoms with Crippen molar-refractivity contribution in [2.45, 2.75) is 19.9 Å². The molecule has 1 unspecified atom stereocenters. The molecule has 1 aromatic heterocycles. The second-order valence-electron chi connectivity index (χ2n) is 6.16. The van der Waals surface area contributed by atoms with Crippen LogP contribution >= 0.6 is 11.3 Å². The molecule has 0 fully saturated rings. The lowest BCUT2D eigenvalue weighted by Crippen LogP contribution is -2.43. The van der Waals surface area contributed by atoms with Crippen LogP contribution in [-0.2, 0) is 9.59 Å². The molecule has 8 heteroatoms. The Kier molecular flexibility index (Phi) is 6.33. The van der Waals surface area contributed by atoms with Gasteiger partial charge in [-0.3, -0.25) is 14.9 Å². The maximum Gasteiger partial charge on any atom is 0.258 e. The number of para-hydroxylation sites is 1. The lowest BCUT2D eigenvalue weighted by Gasteiger charge is -2.13. The number of nitrogens with one attached hydrogen (secondary N) is 2. The van der Waals surface area contributed by atoms with E-state index in [0.29, 0.717) is 15.9 Å². The van der Waals surface area contributed by atoms with Crippen LogP contribution in [0.1, 0.15) is 12.5 Å². The van der Waals surface area contributed by atoms with Gasteiger partial charge in [-0.2, -0.15) is 0 Å². The summed E-state index contributed by atoms with van der Waals surface area (Å²) in [7, 11) is 0. The number of hydrogen-bond donors (Lipinski definition) is 2. The van der Waals surface area contributed by atoms with Gasteiger partial charge in [0.25, 0.3) is 5.91 Å². The van der Waals surface area contributed by atoms with Gasteiger partial charge in [0.05, 0.1) is 0 Å². The highest BCUT2D eigenvalue weighted by atomic mass is 32.1. The Bertz CT molecular complexity index is 959. The largest absolute Gasteiger partial charge is 0.484 e. The number of carbonyl (C=O) groups is 2. The molecule has 0 aliphatic rings. The van der Waals surface area contributed by atoms with E-state index in [1.54, 1.807) is 19.1 Å². The summed E-state index contributed by atoms with van der Waals surface area (Å²) in [4.78, 5) is 24.3. The predicted octanol–water partition coefficient (Wildman–Crippen LogP) is 3.04. The summed E-state index contributed by atoms with van der Waals surface area (Å²) < 4.78 is 5.36. The van der Waals surface area contributed by atoms with Crippen molar-refractivity contribution in [2.24, 2.45) is 0 Å². The van der Waals surface area contributed by atoms with Gasteiger partial charge in [-0.25, -0.2) is 0 Å². The summed E-state index contributed by atoms with van der Waals surface area (Å²) in [5, 5.41) is 14.5. The van der Waals surface area contributed by atoms with Crippen molar-refractivity contribution >= 4 is 28.3 Å². The first kappa shape index (κ1) is 19.5. The number of carbonyl (C=O) groups excluding carboxylic acids is 2. The van der Waals surface area contributed by atoms with Crippen LogP contribution in [0.4, 0.5) is 5.13 Å². The Hall–Kier alpha value is -3.26. The molecule has 0 aliphatic heterocycles. The normalized spacial score (nSPS) is 11.5. The first-order valence-corrected chi connectivity index (χ1v) is 9.51. The third-order valence-electron chi connectivity index (χ3n) is 3.80. The van der Waals surface area contributed by atoms with Gasteiger partial charge < -0.3 is 10.1 Å². The standard InChI is InChI=1S/C20H20N4O3S/c1-13-7-6-8-15(11-13)19-23-24-20(28-19)22-18(26)14(2)21-17(25)12-27-16-9-4-3-5-10-16/h3-11,14H,12H2,1-2H3,(H,21,25)(H,22,24,26). The second-order valence-corrected chi connectivity index (χ2v) is 7.14. The Morgan fingerprint density at radius 3 is 2.64 bits per heavy atom. The van der Waals surface area contributed by atoms with Crippen LogP contribution in [0.3, 0.4) is 0 Å². The highest BCUT2D eigenvalue weighted by Crippen LogP contribution is 2.26. The highest BCUT2D eigenvalue weighted by molar-refractivity contribution is 7.18. The monoisotopic (exact) mass is 396 g/mol. The quantitative estimate of drug-likeness (QED) is 0.640. The molecule has 2 N–H and O–H groups in total. The minimum absolute atomic E-state index is 0.169. The number of nitrogens with zero attached hydrogens (tertiary/aromatic N) is 2. The van der Waals surface area contributed by atoms with Gasteiger partial charge in [0.15, 0.2) is 6.61 Å². The molecule has 0 aliphatic carbocycles. The predicted molar refractivity (Wildman–Crippen MR) is 108 cm³/mol. The topological polar surface area (TPSA) is 93.2 Å². The minimum atomic E-state index is -0.738. The summed E-state index contributed by atoms with van der Waals surface area (Å²) in [5.41, 5.74) is 2.06. The van der Waals surface area contributed by atoms with Crippen LogP contribution in [0.25, 0.3) is 10.6 Å². The van der Waals surface area contributed by atoms with Crippen molar-refractivity contribution < 1.29 is 14.3 Å². The van der Waals surface area contributed by atoms with Crippen molar-refractivity contribution in [3.63, 3.8) is 0 Å². The van der Waals surface area contributed by atoms with Gasteiger partial charge in [0.1, 0.15) is 16.8 Å². The minimum Gasteiger partial charge on any atom is -0.484 e. The van der Waals surface area contributed by atoms with Crippen LogP contribution in [0.5, 0.6) is 5.75 Å². The number of hydrogen-bond acceptors (Lipinski definition) is 6. The van der Waals surface area contributed by atoms with E-state index in [1.165, 1.54) is 11.3 Å². The van der Waals surface area contributed by atoms with Crippen LogP contribution in [0.15, 0.2) is 54.6 Å². The molecule has 144 valence electrons. The third-order valence-corrected chi connectivity index (χ3v) is 4.69. The molecular weight excluding hydrogens is 376 g/mol. The number of aryl methyl sites for hydroxylation is 1. The number of anilines is 1. The molecule has 1 heterocycles. The molecule has 0 bridgehead atoms. The fourth-order valence-electron chi connectivity index (χ4n) is 2.40. The number of ether oxygens (including phenoxy) is 1. The average molecular weight is 396 g/mol. The Morgan fingerprint density at radius 2 is 1.89 bits per heavy atom. The van der Waals surface area contributed by atoms with Crippen LogP contribution < -0.4 is 15.4 Å². The molecule has 7 nitrogen and oxygen atoms in total. The lowest BCUT2D eigenvalue weighted by atomic mass is 10.1. The van der Waals surface area contributed by atoms with E-state index in [4.69, 9.17) is 4.74 Å². The third kappa shape index (κ3) is 5.37. The van der Waals surface area contributed by atoms with Crippen molar-refractivity contribution in [3.8, 4) is 16.3 Å². The SMILES string of the molecule is Cc1cccc(-c2nnc(NC(=O)C(C)NC(=O)COc3ccccc3)s2)c1. The van der Waals surface area contributed by atoms with E-state index < -0.39 is 6.04 Å². The van der Waals surface area contributed by atoms with Crippen LogP contribution in [0, 0.1) is 6.92 Å². The lowest BCUT2D eigenvalue weighted by molar-refractivity contribution is -0.127. The van der Waals surface area contributed by atoms with E-state index in [2.05, 4.69) is 20.8 Å². The number of aromatic nitrogens is 2. The smallest absolute Gasteiger partial charge is 0.258 e. The molecule has 28 heavy (non-hydrogen) atoms. The fraction of sp³-hybridized carbons (Fsp3) is 0.200. The van der Waals surface area contributed by atoms with Crippen LogP contribution in [-0.4, -0.2) is 34.7 Å². The van der Waals surface area contributed by atoms with Crippen molar-refractivity contribution in [1.82, 2.24) is 15.5 Å². The summed E-state index contributed by atoms with van der Waals surface area (Å²) >= 11 is 1.28. The molecule has 0 saturated carbocycles. The zero-order valence-corrected chi connectivity index (χ0v) is 16.3. The van der Waals surface area contributed by atoms with Gasteiger partial charge in [-0.15, -0.1) is 10.2 Å². The maximum atomic E-state index is 12.3. The van der Waals surface area contributed by atoms with E-state index in [1.807, 2.05) is 49.4 Å². The van der Waals surface area contributed by atoms with Gasteiger partial charge in [-0.1, -0.05) is 53.3 Å². The summed E-state index contributed by atoms with van der Waals surface area (Å²) in [6.45, 7) is 3.43. The Labute approximate surface area is 166 Å². The summed E-state index contributed by atoms with van der Waals surface area (Å²) in [6.07, 6.45) is 0. The van der Waals surface area contributed by atoms with Gasteiger partial charge in [-0.05, 0) is 32.0 Å². The summed E-state index contributed by atoms with van der Waals surface area (Å²) in [5.74, 6) is -0.170. The van der Waals surface area contributed by atoms with Gasteiger partial charge in [0.2, 0.25) is 11.0 Å². The molecule has 2 aromatic carbocycles. The maximum absolute atomic E-state index is 12.3. The molecule has 1 atom stereocenters. The first-order chi connectivity index (χ1) is 13.5. The average Bonchev–Trinajstić information content (AvgIpc) is 3.15. The van der Waals surface area contributed by atoms with Crippen molar-refractivity contribution in [2.75, 3.05) is 11.9 Å². The van der Waals surface area contributed by atoms with Gasteiger partial charge in [0, 0.05) is 5.56 Å². The Morgan fingerprint density at radius 1 is 1.11 bits per heavy atom. The molecule has 0 saturated heterocycles. The fourth-order valence-corrected chi connectivity index (χ4v) is 3.14. The summed E-state index contributed by atoms with van der Waals surface area (Å²) in [6, 6.07) is 16.1. The second kappa shape index (κ2) is 9.09. The highest BCUT2D eigenvalue weighted by Gasteiger charge is 2.18. The molecule has 0 spiro atoms. The van der Waals surface area contributed by atoms with E-state index in [9.17, 15) is 9.59 Å². The number of amides is 2. The molecule has 3 rings (SSSR count). The van der Waals surface area contributed by atoms with E-state index >= 15 is 0 Å². The van der Waals surface area contributed by atoms with E-state index in [0.717, 1.165) is 11.1 Å². The Balaban J connectivity index is 1.51.